The lowest BCUT2D eigenvalue weighted by Crippen LogP contribution is -2.44. The summed E-state index contributed by atoms with van der Waals surface area (Å²) >= 11 is 0. The fourth-order valence-corrected chi connectivity index (χ4v) is 3.43. The van der Waals surface area contributed by atoms with E-state index in [1.807, 2.05) is 12.1 Å². The number of aromatic nitrogens is 4. The van der Waals surface area contributed by atoms with Crippen LogP contribution in [0.15, 0.2) is 54.9 Å². The summed E-state index contributed by atoms with van der Waals surface area (Å²) in [6.45, 7) is 4.71. The molecule has 7 heteroatoms. The summed E-state index contributed by atoms with van der Waals surface area (Å²) in [7, 11) is 0. The highest BCUT2D eigenvalue weighted by Gasteiger charge is 2.20. The highest BCUT2D eigenvalue weighted by molar-refractivity contribution is 5.94. The Bertz CT molecular complexity index is 924. The van der Waals surface area contributed by atoms with Crippen molar-refractivity contribution in [1.82, 2.24) is 30.4 Å². The third-order valence-corrected chi connectivity index (χ3v) is 5.06. The van der Waals surface area contributed by atoms with Crippen molar-refractivity contribution in [3.63, 3.8) is 0 Å². The Labute approximate surface area is 158 Å². The minimum atomic E-state index is -0.0887. The molecule has 0 aliphatic carbocycles. The summed E-state index contributed by atoms with van der Waals surface area (Å²) in [5.41, 5.74) is 4.17. The molecule has 0 radical (unpaired) electrons. The van der Waals surface area contributed by atoms with Crippen molar-refractivity contribution in [1.29, 1.82) is 0 Å². The first-order valence-electron chi connectivity index (χ1n) is 9.13. The molecule has 0 saturated carbocycles. The zero-order valence-corrected chi connectivity index (χ0v) is 15.2. The van der Waals surface area contributed by atoms with Crippen molar-refractivity contribution in [2.75, 3.05) is 13.1 Å². The summed E-state index contributed by atoms with van der Waals surface area (Å²) in [5, 5.41) is 14.2. The van der Waals surface area contributed by atoms with E-state index < -0.39 is 0 Å². The predicted molar refractivity (Wildman–Crippen MR) is 102 cm³/mol. The van der Waals surface area contributed by atoms with Crippen molar-refractivity contribution in [2.45, 2.75) is 25.9 Å². The topological polar surface area (TPSA) is 75.9 Å². The molecule has 1 atom stereocenters. The van der Waals surface area contributed by atoms with Gasteiger partial charge in [0, 0.05) is 31.2 Å². The van der Waals surface area contributed by atoms with E-state index in [4.69, 9.17) is 0 Å². The van der Waals surface area contributed by atoms with Gasteiger partial charge in [-0.1, -0.05) is 30.3 Å². The van der Waals surface area contributed by atoms with Gasteiger partial charge in [-0.25, -0.2) is 4.68 Å². The summed E-state index contributed by atoms with van der Waals surface area (Å²) in [6, 6.07) is 16.1. The zero-order valence-electron chi connectivity index (χ0n) is 15.2. The lowest BCUT2D eigenvalue weighted by atomic mass is 9.99. The third kappa shape index (κ3) is 3.88. The number of hydrogen-bond acceptors (Lipinski definition) is 5. The number of nitrogens with zero attached hydrogens (tertiary/aromatic N) is 5. The largest absolute Gasteiger partial charge is 0.350 e. The molecule has 2 aromatic carbocycles. The standard InChI is InChI=1S/C20H22N6O/c1-15(25-10-9-16-5-2-3-6-18(16)13-25)12-21-20(27)17-7-4-8-19(11-17)26-14-22-23-24-26/h2-8,11,14-15H,9-10,12-13H2,1H3,(H,21,27). The number of amides is 1. The van der Waals surface area contributed by atoms with E-state index in [1.54, 1.807) is 12.1 Å². The van der Waals surface area contributed by atoms with Gasteiger partial charge in [-0.05, 0) is 53.1 Å². The summed E-state index contributed by atoms with van der Waals surface area (Å²) in [4.78, 5) is 15.0. The van der Waals surface area contributed by atoms with Gasteiger partial charge in [0.1, 0.15) is 6.33 Å². The van der Waals surface area contributed by atoms with Gasteiger partial charge in [0.15, 0.2) is 0 Å². The third-order valence-electron chi connectivity index (χ3n) is 5.06. The van der Waals surface area contributed by atoms with Gasteiger partial charge in [-0.2, -0.15) is 0 Å². The van der Waals surface area contributed by atoms with Crippen LogP contribution in [0.5, 0.6) is 0 Å². The minimum Gasteiger partial charge on any atom is -0.350 e. The van der Waals surface area contributed by atoms with Gasteiger partial charge < -0.3 is 5.32 Å². The molecule has 138 valence electrons. The van der Waals surface area contributed by atoms with E-state index in [0.29, 0.717) is 12.1 Å². The molecule has 3 aromatic rings. The Balaban J connectivity index is 1.36. The van der Waals surface area contributed by atoms with Crippen LogP contribution < -0.4 is 5.32 Å². The molecule has 0 fully saturated rings. The fraction of sp³-hybridized carbons (Fsp3) is 0.300. The number of nitrogens with one attached hydrogen (secondary N) is 1. The number of benzene rings is 2. The summed E-state index contributed by atoms with van der Waals surface area (Å²) in [6.07, 6.45) is 2.57. The highest BCUT2D eigenvalue weighted by atomic mass is 16.1. The average molecular weight is 362 g/mol. The Hall–Kier alpha value is -3.06. The Morgan fingerprint density at radius 2 is 2.04 bits per heavy atom. The second kappa shape index (κ2) is 7.67. The molecule has 0 bridgehead atoms. The molecular formula is C20H22N6O. The monoisotopic (exact) mass is 362 g/mol. The van der Waals surface area contributed by atoms with Crippen LogP contribution in [0.1, 0.15) is 28.4 Å². The predicted octanol–water partition coefficient (Wildman–Crippen LogP) is 1.84. The summed E-state index contributed by atoms with van der Waals surface area (Å²) < 4.78 is 1.53. The van der Waals surface area contributed by atoms with Crippen LogP contribution in [0.25, 0.3) is 5.69 Å². The molecule has 2 heterocycles. The van der Waals surface area contributed by atoms with Gasteiger partial charge in [0.05, 0.1) is 5.69 Å². The van der Waals surface area contributed by atoms with Crippen LogP contribution in [0.3, 0.4) is 0 Å². The smallest absolute Gasteiger partial charge is 0.251 e. The second-order valence-corrected chi connectivity index (χ2v) is 6.85. The van der Waals surface area contributed by atoms with E-state index in [0.717, 1.165) is 25.2 Å². The van der Waals surface area contributed by atoms with Crippen LogP contribution in [0.4, 0.5) is 0 Å². The first-order valence-corrected chi connectivity index (χ1v) is 9.13. The molecule has 0 spiro atoms. The first kappa shape index (κ1) is 17.4. The van der Waals surface area contributed by atoms with Crippen LogP contribution >= 0.6 is 0 Å². The molecule has 1 unspecified atom stereocenters. The molecule has 1 aliphatic heterocycles. The molecule has 1 amide bonds. The molecule has 1 aliphatic rings. The Kier molecular flexibility index (Phi) is 4.93. The average Bonchev–Trinajstić information content (AvgIpc) is 3.26. The highest BCUT2D eigenvalue weighted by Crippen LogP contribution is 2.20. The zero-order chi connectivity index (χ0) is 18.6. The van der Waals surface area contributed by atoms with Crippen molar-refractivity contribution in [3.05, 3.63) is 71.5 Å². The lowest BCUT2D eigenvalue weighted by molar-refractivity contribution is 0.0932. The molecular weight excluding hydrogens is 340 g/mol. The Morgan fingerprint density at radius 3 is 2.85 bits per heavy atom. The lowest BCUT2D eigenvalue weighted by Gasteiger charge is -2.33. The normalized spacial score (nSPS) is 15.1. The van der Waals surface area contributed by atoms with Gasteiger partial charge in [0.2, 0.25) is 0 Å². The molecule has 1 aromatic heterocycles. The maximum Gasteiger partial charge on any atom is 0.251 e. The van der Waals surface area contributed by atoms with Crippen molar-refractivity contribution >= 4 is 5.91 Å². The van der Waals surface area contributed by atoms with E-state index in [1.165, 1.54) is 22.1 Å². The number of carbonyl (C=O) groups is 1. The number of carbonyl (C=O) groups excluding carboxylic acids is 1. The van der Waals surface area contributed by atoms with Gasteiger partial charge >= 0.3 is 0 Å². The first-order chi connectivity index (χ1) is 13.2. The van der Waals surface area contributed by atoms with E-state index in [-0.39, 0.29) is 11.9 Å². The SMILES string of the molecule is CC(CNC(=O)c1cccc(-n2cnnn2)c1)N1CCc2ccccc2C1. The maximum atomic E-state index is 12.6. The fourth-order valence-electron chi connectivity index (χ4n) is 3.43. The van der Waals surface area contributed by atoms with Crippen LogP contribution in [0, 0.1) is 0 Å². The minimum absolute atomic E-state index is 0.0887. The van der Waals surface area contributed by atoms with E-state index in [2.05, 4.69) is 56.9 Å². The molecule has 1 N–H and O–H groups in total. The summed E-state index contributed by atoms with van der Waals surface area (Å²) in [5.74, 6) is -0.0887. The quantitative estimate of drug-likeness (QED) is 0.749. The van der Waals surface area contributed by atoms with Gasteiger partial charge in [-0.15, -0.1) is 5.10 Å². The van der Waals surface area contributed by atoms with Crippen molar-refractivity contribution < 1.29 is 4.79 Å². The van der Waals surface area contributed by atoms with E-state index in [9.17, 15) is 4.79 Å². The second-order valence-electron chi connectivity index (χ2n) is 6.85. The van der Waals surface area contributed by atoms with Crippen molar-refractivity contribution in [2.24, 2.45) is 0 Å². The van der Waals surface area contributed by atoms with Crippen LogP contribution in [-0.2, 0) is 13.0 Å². The number of hydrogen-bond donors (Lipinski definition) is 1. The van der Waals surface area contributed by atoms with Crippen molar-refractivity contribution in [3.8, 4) is 5.69 Å². The molecule has 27 heavy (non-hydrogen) atoms. The Morgan fingerprint density at radius 1 is 1.19 bits per heavy atom. The van der Waals surface area contributed by atoms with Gasteiger partial charge in [0.25, 0.3) is 5.91 Å². The molecule has 4 rings (SSSR count). The van der Waals surface area contributed by atoms with Crippen LogP contribution in [0.2, 0.25) is 0 Å². The maximum absolute atomic E-state index is 12.6. The van der Waals surface area contributed by atoms with Crippen LogP contribution in [-0.4, -0.2) is 50.1 Å². The van der Waals surface area contributed by atoms with E-state index >= 15 is 0 Å². The molecule has 0 saturated heterocycles. The number of fused-ring (bicyclic) bond motifs is 1. The van der Waals surface area contributed by atoms with Gasteiger partial charge in [-0.3, -0.25) is 9.69 Å². The molecule has 7 nitrogen and oxygen atoms in total. The number of rotatable bonds is 5. The number of tetrazole rings is 1.